The van der Waals surface area contributed by atoms with E-state index in [1.807, 2.05) is 0 Å². The molecule has 1 atom stereocenters. The van der Waals surface area contributed by atoms with E-state index in [9.17, 15) is 9.59 Å². The van der Waals surface area contributed by atoms with Crippen molar-refractivity contribution in [3.8, 4) is 11.5 Å². The summed E-state index contributed by atoms with van der Waals surface area (Å²) in [6.07, 6.45) is 1.01. The Balaban J connectivity index is 1.92. The van der Waals surface area contributed by atoms with Crippen LogP contribution in [0.1, 0.15) is 12.8 Å². The van der Waals surface area contributed by atoms with Gasteiger partial charge in [-0.25, -0.2) is 4.79 Å². The molecule has 1 aromatic rings. The average Bonchev–Trinajstić information content (AvgIpc) is 2.98. The van der Waals surface area contributed by atoms with E-state index in [0.717, 1.165) is 6.42 Å². The Hall–Kier alpha value is -2.48. The van der Waals surface area contributed by atoms with Gasteiger partial charge in [0.1, 0.15) is 0 Å². The predicted molar refractivity (Wildman–Crippen MR) is 93.3 cm³/mol. The summed E-state index contributed by atoms with van der Waals surface area (Å²) < 4.78 is 15.4. The second-order valence-corrected chi connectivity index (χ2v) is 5.69. The minimum Gasteiger partial charge on any atom is -0.493 e. The number of anilines is 1. The van der Waals surface area contributed by atoms with Gasteiger partial charge in [0.2, 0.25) is 5.91 Å². The molecule has 1 aliphatic rings. The van der Waals surface area contributed by atoms with Crippen molar-refractivity contribution < 1.29 is 23.8 Å². The molecule has 0 aliphatic carbocycles. The normalized spacial score (nSPS) is 16.7. The third-order valence-corrected chi connectivity index (χ3v) is 3.95. The molecule has 1 aromatic carbocycles. The number of carbonyl (C=O) groups excluding carboxylic acids is 2. The van der Waals surface area contributed by atoms with Gasteiger partial charge in [0, 0.05) is 45.0 Å². The maximum atomic E-state index is 12.3. The quantitative estimate of drug-likeness (QED) is 0.686. The number of nitrogens with zero attached hydrogens (tertiary/aromatic N) is 1. The van der Waals surface area contributed by atoms with Gasteiger partial charge in [-0.3, -0.25) is 4.79 Å². The molecule has 0 aromatic heterocycles. The number of benzene rings is 1. The third-order valence-electron chi connectivity index (χ3n) is 3.95. The molecule has 1 aliphatic heterocycles. The van der Waals surface area contributed by atoms with Crippen LogP contribution >= 0.6 is 0 Å². The zero-order valence-corrected chi connectivity index (χ0v) is 14.8. The Morgan fingerprint density at radius 1 is 1.24 bits per heavy atom. The third kappa shape index (κ3) is 4.99. The fraction of sp³-hybridized carbons (Fsp3) is 0.529. The van der Waals surface area contributed by atoms with Gasteiger partial charge in [0.05, 0.1) is 20.3 Å². The molecule has 2 rings (SSSR count). The van der Waals surface area contributed by atoms with Crippen molar-refractivity contribution in [2.75, 3.05) is 45.9 Å². The number of hydrogen-bond donors (Lipinski definition) is 2. The fourth-order valence-electron chi connectivity index (χ4n) is 2.70. The molecule has 0 spiro atoms. The van der Waals surface area contributed by atoms with E-state index in [-0.39, 0.29) is 24.4 Å². The zero-order chi connectivity index (χ0) is 18.2. The van der Waals surface area contributed by atoms with Crippen LogP contribution in [0.5, 0.6) is 11.5 Å². The first-order valence-corrected chi connectivity index (χ1v) is 8.14. The summed E-state index contributed by atoms with van der Waals surface area (Å²) in [5.41, 5.74) is 0.715. The number of hydrogen-bond acceptors (Lipinski definition) is 5. The molecule has 1 unspecified atom stereocenters. The van der Waals surface area contributed by atoms with Crippen molar-refractivity contribution in [3.05, 3.63) is 18.2 Å². The van der Waals surface area contributed by atoms with Gasteiger partial charge >= 0.3 is 6.03 Å². The van der Waals surface area contributed by atoms with Crippen LogP contribution in [0.15, 0.2) is 18.2 Å². The molecule has 0 saturated carbocycles. The van der Waals surface area contributed by atoms with Crippen LogP contribution in [-0.4, -0.2) is 59.0 Å². The lowest BCUT2D eigenvalue weighted by Gasteiger charge is -2.19. The van der Waals surface area contributed by atoms with Crippen LogP contribution in [0.25, 0.3) is 0 Å². The molecule has 1 fully saturated rings. The molecule has 1 heterocycles. The van der Waals surface area contributed by atoms with Gasteiger partial charge in [0.25, 0.3) is 0 Å². The lowest BCUT2D eigenvalue weighted by molar-refractivity contribution is -0.117. The predicted octanol–water partition coefficient (Wildman–Crippen LogP) is 1.14. The van der Waals surface area contributed by atoms with E-state index >= 15 is 0 Å². The van der Waals surface area contributed by atoms with Crippen molar-refractivity contribution in [2.45, 2.75) is 18.9 Å². The SMILES string of the molecule is COCCCNC(=O)NC1CC(=O)N(c2ccc(OC)c(OC)c2)C1. The summed E-state index contributed by atoms with van der Waals surface area (Å²) in [4.78, 5) is 25.8. The van der Waals surface area contributed by atoms with E-state index in [1.54, 1.807) is 44.4 Å². The summed E-state index contributed by atoms with van der Waals surface area (Å²) in [7, 11) is 4.72. The summed E-state index contributed by atoms with van der Waals surface area (Å²) in [6.45, 7) is 1.54. The topological polar surface area (TPSA) is 89.1 Å². The highest BCUT2D eigenvalue weighted by Crippen LogP contribution is 2.33. The Kier molecular flexibility index (Phi) is 6.88. The minimum atomic E-state index is -0.275. The van der Waals surface area contributed by atoms with Crippen LogP contribution in [0.3, 0.4) is 0 Å². The number of urea groups is 1. The summed E-state index contributed by atoms with van der Waals surface area (Å²) in [5.74, 6) is 1.11. The van der Waals surface area contributed by atoms with Crippen LogP contribution in [0, 0.1) is 0 Å². The number of ether oxygens (including phenoxy) is 3. The van der Waals surface area contributed by atoms with Gasteiger partial charge in [-0.15, -0.1) is 0 Å². The van der Waals surface area contributed by atoms with Crippen LogP contribution < -0.4 is 25.0 Å². The largest absolute Gasteiger partial charge is 0.493 e. The number of amides is 3. The van der Waals surface area contributed by atoms with Crippen LogP contribution in [0.4, 0.5) is 10.5 Å². The van der Waals surface area contributed by atoms with Crippen molar-refractivity contribution in [1.82, 2.24) is 10.6 Å². The molecule has 138 valence electrons. The lowest BCUT2D eigenvalue weighted by atomic mass is 10.2. The zero-order valence-electron chi connectivity index (χ0n) is 14.8. The van der Waals surface area contributed by atoms with E-state index in [1.165, 1.54) is 0 Å². The van der Waals surface area contributed by atoms with Gasteiger partial charge in [-0.05, 0) is 18.6 Å². The monoisotopic (exact) mass is 351 g/mol. The first kappa shape index (κ1) is 18.9. The highest BCUT2D eigenvalue weighted by molar-refractivity contribution is 5.97. The molecular weight excluding hydrogens is 326 g/mol. The maximum Gasteiger partial charge on any atom is 0.315 e. The van der Waals surface area contributed by atoms with Crippen molar-refractivity contribution in [2.24, 2.45) is 0 Å². The van der Waals surface area contributed by atoms with Gasteiger partial charge in [-0.2, -0.15) is 0 Å². The Morgan fingerprint density at radius 3 is 2.68 bits per heavy atom. The second kappa shape index (κ2) is 9.12. The lowest BCUT2D eigenvalue weighted by Crippen LogP contribution is -2.43. The van der Waals surface area contributed by atoms with Crippen molar-refractivity contribution in [1.29, 1.82) is 0 Å². The highest BCUT2D eigenvalue weighted by Gasteiger charge is 2.32. The van der Waals surface area contributed by atoms with Crippen molar-refractivity contribution in [3.63, 3.8) is 0 Å². The van der Waals surface area contributed by atoms with Gasteiger partial charge < -0.3 is 29.7 Å². The standard InChI is InChI=1S/C17H25N3O5/c1-23-8-4-7-18-17(22)19-12-9-16(21)20(11-12)13-5-6-14(24-2)15(10-13)25-3/h5-6,10,12H,4,7-9,11H2,1-3H3,(H2,18,19,22). The summed E-state index contributed by atoms with van der Waals surface area (Å²) in [5, 5.41) is 5.58. The first-order valence-electron chi connectivity index (χ1n) is 8.14. The average molecular weight is 351 g/mol. The fourth-order valence-corrected chi connectivity index (χ4v) is 2.70. The Morgan fingerprint density at radius 2 is 2.00 bits per heavy atom. The smallest absolute Gasteiger partial charge is 0.315 e. The molecule has 3 amide bonds. The molecular formula is C17H25N3O5. The molecule has 0 bridgehead atoms. The highest BCUT2D eigenvalue weighted by atomic mass is 16.5. The molecule has 8 nitrogen and oxygen atoms in total. The summed E-state index contributed by atoms with van der Waals surface area (Å²) in [6, 6.07) is 4.80. The molecule has 25 heavy (non-hydrogen) atoms. The Labute approximate surface area is 147 Å². The van der Waals surface area contributed by atoms with Gasteiger partial charge in [-0.1, -0.05) is 0 Å². The van der Waals surface area contributed by atoms with E-state index in [2.05, 4.69) is 10.6 Å². The van der Waals surface area contributed by atoms with Crippen LogP contribution in [0.2, 0.25) is 0 Å². The molecule has 0 radical (unpaired) electrons. The van der Waals surface area contributed by atoms with E-state index < -0.39 is 0 Å². The summed E-state index contributed by atoms with van der Waals surface area (Å²) >= 11 is 0. The molecule has 1 saturated heterocycles. The van der Waals surface area contributed by atoms with Gasteiger partial charge in [0.15, 0.2) is 11.5 Å². The van der Waals surface area contributed by atoms with Crippen LogP contribution in [-0.2, 0) is 9.53 Å². The van der Waals surface area contributed by atoms with E-state index in [4.69, 9.17) is 14.2 Å². The number of nitrogens with one attached hydrogen (secondary N) is 2. The molecule has 2 N–H and O–H groups in total. The number of rotatable bonds is 8. The Bertz CT molecular complexity index is 608. The van der Waals surface area contributed by atoms with Crippen molar-refractivity contribution >= 4 is 17.6 Å². The molecule has 8 heteroatoms. The first-order chi connectivity index (χ1) is 12.1. The number of carbonyl (C=O) groups is 2. The number of methoxy groups -OCH3 is 3. The maximum absolute atomic E-state index is 12.3. The second-order valence-electron chi connectivity index (χ2n) is 5.69. The van der Waals surface area contributed by atoms with E-state index in [0.29, 0.717) is 36.9 Å². The minimum absolute atomic E-state index is 0.0445.